The largest absolute Gasteiger partial charge is 0.393 e. The SMILES string of the molecule is COC(C)(C)CCC(O)CCCc1ccccc1. The predicted octanol–water partition coefficient (Wildman–Crippen LogP) is 3.58. The number of hydrogen-bond donors (Lipinski definition) is 1. The normalized spacial score (nSPS) is 13.6. The Hall–Kier alpha value is -0.860. The van der Waals surface area contributed by atoms with Crippen LogP contribution >= 0.6 is 0 Å². The van der Waals surface area contributed by atoms with E-state index in [1.54, 1.807) is 7.11 Å². The molecule has 1 N–H and O–H groups in total. The monoisotopic (exact) mass is 250 g/mol. The highest BCUT2D eigenvalue weighted by molar-refractivity contribution is 5.14. The lowest BCUT2D eigenvalue weighted by Crippen LogP contribution is -2.24. The van der Waals surface area contributed by atoms with Gasteiger partial charge in [-0.25, -0.2) is 0 Å². The summed E-state index contributed by atoms with van der Waals surface area (Å²) in [6, 6.07) is 10.4. The fraction of sp³-hybridized carbons (Fsp3) is 0.625. The van der Waals surface area contributed by atoms with E-state index in [0.717, 1.165) is 32.1 Å². The molecule has 0 spiro atoms. The number of aliphatic hydroxyl groups is 1. The van der Waals surface area contributed by atoms with Crippen LogP contribution in [0.2, 0.25) is 0 Å². The van der Waals surface area contributed by atoms with Gasteiger partial charge in [0.05, 0.1) is 11.7 Å². The van der Waals surface area contributed by atoms with Crippen LogP contribution in [0.4, 0.5) is 0 Å². The summed E-state index contributed by atoms with van der Waals surface area (Å²) < 4.78 is 5.35. The van der Waals surface area contributed by atoms with Crippen LogP contribution in [-0.2, 0) is 11.2 Å². The Morgan fingerprint density at radius 3 is 2.44 bits per heavy atom. The third kappa shape index (κ3) is 6.18. The topological polar surface area (TPSA) is 29.5 Å². The van der Waals surface area contributed by atoms with Crippen LogP contribution in [-0.4, -0.2) is 23.9 Å². The Kier molecular flexibility index (Phi) is 6.37. The molecular weight excluding hydrogens is 224 g/mol. The maximum absolute atomic E-state index is 9.93. The van der Waals surface area contributed by atoms with Crippen molar-refractivity contribution in [1.29, 1.82) is 0 Å². The van der Waals surface area contributed by atoms with E-state index in [1.807, 2.05) is 6.07 Å². The highest BCUT2D eigenvalue weighted by Crippen LogP contribution is 2.18. The molecule has 1 aromatic carbocycles. The molecule has 102 valence electrons. The van der Waals surface area contributed by atoms with Gasteiger partial charge in [-0.1, -0.05) is 30.3 Å². The minimum atomic E-state index is -0.205. The van der Waals surface area contributed by atoms with E-state index in [0.29, 0.717) is 0 Å². The molecule has 1 atom stereocenters. The minimum absolute atomic E-state index is 0.125. The summed E-state index contributed by atoms with van der Waals surface area (Å²) in [7, 11) is 1.72. The molecule has 0 aliphatic heterocycles. The van der Waals surface area contributed by atoms with Gasteiger partial charge in [0.15, 0.2) is 0 Å². The van der Waals surface area contributed by atoms with Crippen molar-refractivity contribution in [3.05, 3.63) is 35.9 Å². The van der Waals surface area contributed by atoms with Gasteiger partial charge in [0.25, 0.3) is 0 Å². The quantitative estimate of drug-likeness (QED) is 0.764. The van der Waals surface area contributed by atoms with Crippen molar-refractivity contribution in [1.82, 2.24) is 0 Å². The van der Waals surface area contributed by atoms with Crippen molar-refractivity contribution in [3.8, 4) is 0 Å². The van der Waals surface area contributed by atoms with Gasteiger partial charge in [0.1, 0.15) is 0 Å². The molecule has 0 saturated heterocycles. The zero-order valence-electron chi connectivity index (χ0n) is 11.9. The molecular formula is C16H26O2. The molecule has 0 amide bonds. The fourth-order valence-corrected chi connectivity index (χ4v) is 1.95. The number of aliphatic hydroxyl groups excluding tert-OH is 1. The van der Waals surface area contributed by atoms with Crippen LogP contribution < -0.4 is 0 Å². The molecule has 1 rings (SSSR count). The van der Waals surface area contributed by atoms with E-state index in [9.17, 15) is 5.11 Å². The molecule has 0 aliphatic carbocycles. The lowest BCUT2D eigenvalue weighted by atomic mass is 9.97. The highest BCUT2D eigenvalue weighted by atomic mass is 16.5. The first kappa shape index (κ1) is 15.2. The highest BCUT2D eigenvalue weighted by Gasteiger charge is 2.17. The van der Waals surface area contributed by atoms with Gasteiger partial charge >= 0.3 is 0 Å². The van der Waals surface area contributed by atoms with Gasteiger partial charge in [-0.2, -0.15) is 0 Å². The molecule has 0 saturated carbocycles. The molecule has 0 aliphatic rings. The molecule has 0 bridgehead atoms. The van der Waals surface area contributed by atoms with Crippen molar-refractivity contribution < 1.29 is 9.84 Å². The number of benzene rings is 1. The van der Waals surface area contributed by atoms with Crippen molar-refractivity contribution in [3.63, 3.8) is 0 Å². The first-order valence-electron chi connectivity index (χ1n) is 6.80. The Bertz CT molecular complexity index is 319. The van der Waals surface area contributed by atoms with E-state index in [-0.39, 0.29) is 11.7 Å². The Labute approximate surface area is 111 Å². The predicted molar refractivity (Wildman–Crippen MR) is 75.7 cm³/mol. The number of rotatable bonds is 8. The molecule has 1 unspecified atom stereocenters. The van der Waals surface area contributed by atoms with Crippen LogP contribution in [0.3, 0.4) is 0 Å². The molecule has 0 radical (unpaired) electrons. The van der Waals surface area contributed by atoms with Gasteiger partial charge < -0.3 is 9.84 Å². The van der Waals surface area contributed by atoms with Crippen molar-refractivity contribution >= 4 is 0 Å². The minimum Gasteiger partial charge on any atom is -0.393 e. The van der Waals surface area contributed by atoms with E-state index >= 15 is 0 Å². The van der Waals surface area contributed by atoms with Crippen molar-refractivity contribution in [2.75, 3.05) is 7.11 Å². The Balaban J connectivity index is 2.16. The number of hydrogen-bond acceptors (Lipinski definition) is 2. The third-order valence-corrected chi connectivity index (χ3v) is 3.48. The number of ether oxygens (including phenoxy) is 1. The average Bonchev–Trinajstić information content (AvgIpc) is 2.38. The second-order valence-electron chi connectivity index (χ2n) is 5.53. The van der Waals surface area contributed by atoms with Gasteiger partial charge in [-0.15, -0.1) is 0 Å². The van der Waals surface area contributed by atoms with Gasteiger partial charge in [-0.3, -0.25) is 0 Å². The molecule has 18 heavy (non-hydrogen) atoms. The van der Waals surface area contributed by atoms with E-state index in [1.165, 1.54) is 5.56 Å². The standard InChI is InChI=1S/C16H26O2/c1-16(2,18-3)13-12-15(17)11-7-10-14-8-5-4-6-9-14/h4-6,8-9,15,17H,7,10-13H2,1-3H3. The zero-order chi connectivity index (χ0) is 13.4. The van der Waals surface area contributed by atoms with Crippen LogP contribution in [0.5, 0.6) is 0 Å². The summed E-state index contributed by atoms with van der Waals surface area (Å²) in [6.45, 7) is 4.12. The molecule has 0 fully saturated rings. The van der Waals surface area contributed by atoms with E-state index < -0.39 is 0 Å². The smallest absolute Gasteiger partial charge is 0.0623 e. The Morgan fingerprint density at radius 2 is 1.83 bits per heavy atom. The lowest BCUT2D eigenvalue weighted by Gasteiger charge is -2.24. The summed E-state index contributed by atoms with van der Waals surface area (Å²) in [4.78, 5) is 0. The van der Waals surface area contributed by atoms with Crippen molar-refractivity contribution in [2.45, 2.75) is 57.7 Å². The Morgan fingerprint density at radius 1 is 1.17 bits per heavy atom. The van der Waals surface area contributed by atoms with Crippen LogP contribution in [0.1, 0.15) is 45.1 Å². The van der Waals surface area contributed by atoms with Crippen LogP contribution in [0.15, 0.2) is 30.3 Å². The first-order valence-corrected chi connectivity index (χ1v) is 6.80. The third-order valence-electron chi connectivity index (χ3n) is 3.48. The summed E-state index contributed by atoms with van der Waals surface area (Å²) in [5, 5.41) is 9.93. The molecule has 1 aromatic rings. The molecule has 0 heterocycles. The van der Waals surface area contributed by atoms with Crippen molar-refractivity contribution in [2.24, 2.45) is 0 Å². The van der Waals surface area contributed by atoms with Gasteiger partial charge in [0, 0.05) is 7.11 Å². The summed E-state index contributed by atoms with van der Waals surface area (Å²) in [5.74, 6) is 0. The average molecular weight is 250 g/mol. The summed E-state index contributed by atoms with van der Waals surface area (Å²) >= 11 is 0. The maximum atomic E-state index is 9.93. The lowest BCUT2D eigenvalue weighted by molar-refractivity contribution is 0.00211. The number of methoxy groups -OCH3 is 1. The van der Waals surface area contributed by atoms with E-state index in [2.05, 4.69) is 38.1 Å². The second kappa shape index (κ2) is 7.55. The van der Waals surface area contributed by atoms with Gasteiger partial charge in [0.2, 0.25) is 0 Å². The maximum Gasteiger partial charge on any atom is 0.0623 e. The van der Waals surface area contributed by atoms with E-state index in [4.69, 9.17) is 4.74 Å². The summed E-state index contributed by atoms with van der Waals surface area (Å²) in [5.41, 5.74) is 1.22. The summed E-state index contributed by atoms with van der Waals surface area (Å²) in [6.07, 6.45) is 4.47. The van der Waals surface area contributed by atoms with Gasteiger partial charge in [-0.05, 0) is 51.5 Å². The molecule has 2 nitrogen and oxygen atoms in total. The fourth-order valence-electron chi connectivity index (χ4n) is 1.95. The molecule has 0 aromatic heterocycles. The molecule has 2 heteroatoms. The first-order chi connectivity index (χ1) is 8.53. The number of aryl methyl sites for hydroxylation is 1. The van der Waals surface area contributed by atoms with Crippen LogP contribution in [0.25, 0.3) is 0 Å². The second-order valence-corrected chi connectivity index (χ2v) is 5.53. The van der Waals surface area contributed by atoms with Crippen LogP contribution in [0, 0.1) is 0 Å². The zero-order valence-corrected chi connectivity index (χ0v) is 11.9.